The Hall–Kier alpha value is -2.64. The molecule has 0 saturated heterocycles. The van der Waals surface area contributed by atoms with Crippen LogP contribution in [0.1, 0.15) is 23.2 Å². The largest absolute Gasteiger partial charge is 0.481 e. The van der Waals surface area contributed by atoms with Gasteiger partial charge in [-0.15, -0.1) is 0 Å². The Morgan fingerprint density at radius 1 is 1.40 bits per heavy atom. The van der Waals surface area contributed by atoms with E-state index in [1.165, 1.54) is 25.4 Å². The fourth-order valence-electron chi connectivity index (χ4n) is 1.49. The Bertz CT molecular complexity index is 516. The highest BCUT2D eigenvalue weighted by Crippen LogP contribution is 2.13. The van der Waals surface area contributed by atoms with Gasteiger partial charge in [0.25, 0.3) is 5.91 Å². The summed E-state index contributed by atoms with van der Waals surface area (Å²) in [7, 11) is 1.33. The van der Waals surface area contributed by atoms with Gasteiger partial charge in [0.15, 0.2) is 0 Å². The van der Waals surface area contributed by atoms with E-state index in [-0.39, 0.29) is 24.3 Å². The van der Waals surface area contributed by atoms with Crippen LogP contribution in [-0.2, 0) is 9.59 Å². The van der Waals surface area contributed by atoms with Gasteiger partial charge in [-0.3, -0.25) is 9.59 Å². The topological polar surface area (TPSA) is 126 Å². The van der Waals surface area contributed by atoms with E-state index in [1.54, 1.807) is 0 Å². The highest BCUT2D eigenvalue weighted by Gasteiger charge is 2.23. The quantitative estimate of drug-likeness (QED) is 0.649. The molecule has 1 rings (SSSR count). The number of rotatable bonds is 7. The molecule has 1 unspecified atom stereocenters. The first kappa shape index (κ1) is 15.4. The summed E-state index contributed by atoms with van der Waals surface area (Å²) in [6.07, 6.45) is 0.856. The monoisotopic (exact) mass is 282 g/mol. The number of hydrogen-bond donors (Lipinski definition) is 3. The Kier molecular flexibility index (Phi) is 5.45. The number of carboxylic acid groups (broad SMARTS) is 2. The lowest BCUT2D eigenvalue weighted by Crippen LogP contribution is -2.41. The van der Waals surface area contributed by atoms with Gasteiger partial charge in [0.1, 0.15) is 11.6 Å². The van der Waals surface area contributed by atoms with Crippen molar-refractivity contribution in [3.63, 3.8) is 0 Å². The van der Waals surface area contributed by atoms with Gasteiger partial charge in [-0.1, -0.05) is 0 Å². The molecule has 8 nitrogen and oxygen atoms in total. The van der Waals surface area contributed by atoms with Gasteiger partial charge in [0.05, 0.1) is 7.11 Å². The molecule has 0 saturated carbocycles. The molecule has 0 aliphatic carbocycles. The molecule has 20 heavy (non-hydrogen) atoms. The van der Waals surface area contributed by atoms with E-state index in [9.17, 15) is 14.4 Å². The molecule has 0 fully saturated rings. The van der Waals surface area contributed by atoms with Gasteiger partial charge < -0.3 is 20.3 Å². The molecule has 108 valence electrons. The second-order valence-electron chi connectivity index (χ2n) is 3.86. The minimum absolute atomic E-state index is 0.0624. The maximum atomic E-state index is 11.9. The number of aliphatic carboxylic acids is 2. The summed E-state index contributed by atoms with van der Waals surface area (Å²) >= 11 is 0. The summed E-state index contributed by atoms with van der Waals surface area (Å²) in [4.78, 5) is 37.2. The van der Waals surface area contributed by atoms with Crippen molar-refractivity contribution in [3.8, 4) is 5.88 Å². The number of nitrogens with zero attached hydrogens (tertiary/aromatic N) is 1. The first-order chi connectivity index (χ1) is 9.45. The van der Waals surface area contributed by atoms with E-state index >= 15 is 0 Å². The molecule has 1 amide bonds. The second kappa shape index (κ2) is 7.07. The van der Waals surface area contributed by atoms with Crippen LogP contribution in [0.25, 0.3) is 0 Å². The zero-order valence-electron chi connectivity index (χ0n) is 10.7. The highest BCUT2D eigenvalue weighted by molar-refractivity contribution is 5.98. The predicted molar refractivity (Wildman–Crippen MR) is 66.5 cm³/mol. The minimum atomic E-state index is -1.30. The lowest BCUT2D eigenvalue weighted by Gasteiger charge is -2.14. The van der Waals surface area contributed by atoms with Crippen LogP contribution in [0.3, 0.4) is 0 Å². The summed E-state index contributed by atoms with van der Waals surface area (Å²) in [5.74, 6) is -3.06. The smallest absolute Gasteiger partial charge is 0.326 e. The van der Waals surface area contributed by atoms with E-state index in [4.69, 9.17) is 14.9 Å². The standard InChI is InChI=1S/C12H14N2O6/c1-20-11-7(3-2-6-13-11)10(17)14-8(12(18)19)4-5-9(15)16/h2-3,6,8H,4-5H2,1H3,(H,14,17)(H,15,16)(H,18,19). The fraction of sp³-hybridized carbons (Fsp3) is 0.333. The third-order valence-corrected chi connectivity index (χ3v) is 2.46. The van der Waals surface area contributed by atoms with Crippen LogP contribution in [0, 0.1) is 0 Å². The summed E-state index contributed by atoms with van der Waals surface area (Å²) in [5, 5.41) is 19.7. The molecular weight excluding hydrogens is 268 g/mol. The van der Waals surface area contributed by atoms with Gasteiger partial charge in [0.2, 0.25) is 5.88 Å². The van der Waals surface area contributed by atoms with Crippen molar-refractivity contribution in [2.24, 2.45) is 0 Å². The Labute approximate surface area is 114 Å². The maximum Gasteiger partial charge on any atom is 0.326 e. The van der Waals surface area contributed by atoms with Gasteiger partial charge in [-0.05, 0) is 18.6 Å². The van der Waals surface area contributed by atoms with Crippen LogP contribution >= 0.6 is 0 Å². The van der Waals surface area contributed by atoms with E-state index in [1.807, 2.05) is 0 Å². The molecule has 0 aliphatic rings. The molecule has 1 heterocycles. The summed E-state index contributed by atoms with van der Waals surface area (Å²) < 4.78 is 4.89. The summed E-state index contributed by atoms with van der Waals surface area (Å²) in [6, 6.07) is 1.64. The summed E-state index contributed by atoms with van der Waals surface area (Å²) in [5.41, 5.74) is 0.0802. The molecule has 0 radical (unpaired) electrons. The number of amides is 1. The van der Waals surface area contributed by atoms with Crippen LogP contribution in [0.15, 0.2) is 18.3 Å². The van der Waals surface area contributed by atoms with Crippen molar-refractivity contribution >= 4 is 17.8 Å². The molecule has 0 bridgehead atoms. The lowest BCUT2D eigenvalue weighted by atomic mass is 10.1. The van der Waals surface area contributed by atoms with Gasteiger partial charge in [-0.25, -0.2) is 9.78 Å². The van der Waals surface area contributed by atoms with E-state index in [0.29, 0.717) is 0 Å². The molecule has 1 aromatic rings. The third kappa shape index (κ3) is 4.23. The third-order valence-electron chi connectivity index (χ3n) is 2.46. The number of carboxylic acids is 2. The predicted octanol–water partition coefficient (Wildman–Crippen LogP) is 0.138. The minimum Gasteiger partial charge on any atom is -0.481 e. The molecule has 3 N–H and O–H groups in total. The SMILES string of the molecule is COc1ncccc1C(=O)NC(CCC(=O)O)C(=O)O. The number of carbonyl (C=O) groups excluding carboxylic acids is 1. The Morgan fingerprint density at radius 3 is 2.65 bits per heavy atom. The van der Waals surface area contributed by atoms with Crippen LogP contribution in [0.5, 0.6) is 5.88 Å². The number of ether oxygens (including phenoxy) is 1. The molecule has 0 aromatic carbocycles. The molecule has 0 aliphatic heterocycles. The maximum absolute atomic E-state index is 11.9. The van der Waals surface area contributed by atoms with Crippen molar-refractivity contribution in [3.05, 3.63) is 23.9 Å². The summed E-state index contributed by atoms with van der Waals surface area (Å²) in [6.45, 7) is 0. The van der Waals surface area contributed by atoms with Gasteiger partial charge >= 0.3 is 11.9 Å². The number of methoxy groups -OCH3 is 1. The average Bonchev–Trinajstić information content (AvgIpc) is 2.42. The van der Waals surface area contributed by atoms with Crippen molar-refractivity contribution in [2.75, 3.05) is 7.11 Å². The molecule has 8 heteroatoms. The highest BCUT2D eigenvalue weighted by atomic mass is 16.5. The van der Waals surface area contributed by atoms with Crippen molar-refractivity contribution in [1.29, 1.82) is 0 Å². The van der Waals surface area contributed by atoms with E-state index < -0.39 is 23.9 Å². The Morgan fingerprint density at radius 2 is 2.10 bits per heavy atom. The van der Waals surface area contributed by atoms with Crippen LogP contribution in [0.4, 0.5) is 0 Å². The number of carbonyl (C=O) groups is 3. The molecule has 0 spiro atoms. The number of hydrogen-bond acceptors (Lipinski definition) is 5. The normalized spacial score (nSPS) is 11.4. The number of aromatic nitrogens is 1. The van der Waals surface area contributed by atoms with Crippen molar-refractivity contribution in [1.82, 2.24) is 10.3 Å². The zero-order chi connectivity index (χ0) is 15.1. The van der Waals surface area contributed by atoms with Crippen LogP contribution in [0.2, 0.25) is 0 Å². The Balaban J connectivity index is 2.80. The van der Waals surface area contributed by atoms with Crippen LogP contribution < -0.4 is 10.1 Å². The molecule has 1 atom stereocenters. The lowest BCUT2D eigenvalue weighted by molar-refractivity contribution is -0.140. The fourth-order valence-corrected chi connectivity index (χ4v) is 1.49. The van der Waals surface area contributed by atoms with Crippen LogP contribution in [-0.4, -0.2) is 46.2 Å². The zero-order valence-corrected chi connectivity index (χ0v) is 10.7. The van der Waals surface area contributed by atoms with E-state index in [0.717, 1.165) is 0 Å². The average molecular weight is 282 g/mol. The molecule has 1 aromatic heterocycles. The first-order valence-electron chi connectivity index (χ1n) is 5.70. The van der Waals surface area contributed by atoms with Gasteiger partial charge in [0, 0.05) is 12.6 Å². The second-order valence-corrected chi connectivity index (χ2v) is 3.86. The molecular formula is C12H14N2O6. The van der Waals surface area contributed by atoms with Crippen molar-refractivity contribution in [2.45, 2.75) is 18.9 Å². The first-order valence-corrected chi connectivity index (χ1v) is 5.70. The number of pyridine rings is 1. The van der Waals surface area contributed by atoms with Gasteiger partial charge in [-0.2, -0.15) is 0 Å². The van der Waals surface area contributed by atoms with Crippen molar-refractivity contribution < 1.29 is 29.3 Å². The van der Waals surface area contributed by atoms with E-state index in [2.05, 4.69) is 10.3 Å². The number of nitrogens with one attached hydrogen (secondary N) is 1.